The molecule has 0 saturated heterocycles. The van der Waals surface area contributed by atoms with E-state index in [0.717, 1.165) is 36.3 Å². The predicted molar refractivity (Wildman–Crippen MR) is 68.3 cm³/mol. The molecule has 17 heavy (non-hydrogen) atoms. The lowest BCUT2D eigenvalue weighted by Crippen LogP contribution is -2.09. The van der Waals surface area contributed by atoms with E-state index in [4.69, 9.17) is 9.47 Å². The minimum Gasteiger partial charge on any atom is -0.491 e. The molecule has 0 aliphatic heterocycles. The molecule has 1 aromatic rings. The Bertz CT molecular complexity index is 323. The average Bonchev–Trinajstić information content (AvgIpc) is 2.35. The van der Waals surface area contributed by atoms with Gasteiger partial charge in [-0.3, -0.25) is 0 Å². The molecule has 0 atom stereocenters. The summed E-state index contributed by atoms with van der Waals surface area (Å²) in [7, 11) is 0. The van der Waals surface area contributed by atoms with Crippen LogP contribution < -0.4 is 4.74 Å². The molecular weight excluding hydrogens is 216 g/mol. The quantitative estimate of drug-likeness (QED) is 0.708. The van der Waals surface area contributed by atoms with Crippen molar-refractivity contribution >= 4 is 0 Å². The molecule has 0 amide bonds. The molecule has 0 aliphatic carbocycles. The summed E-state index contributed by atoms with van der Waals surface area (Å²) in [4.78, 5) is 0. The van der Waals surface area contributed by atoms with E-state index in [9.17, 15) is 5.11 Å². The van der Waals surface area contributed by atoms with Gasteiger partial charge in [-0.25, -0.2) is 0 Å². The number of aliphatic hydroxyl groups is 1. The molecule has 0 aromatic heterocycles. The van der Waals surface area contributed by atoms with Crippen molar-refractivity contribution in [2.45, 2.75) is 33.3 Å². The van der Waals surface area contributed by atoms with E-state index in [1.54, 1.807) is 0 Å². The normalized spacial score (nSPS) is 10.5. The second kappa shape index (κ2) is 8.09. The number of hydrogen-bond acceptors (Lipinski definition) is 3. The fourth-order valence-electron chi connectivity index (χ4n) is 1.60. The van der Waals surface area contributed by atoms with Crippen LogP contribution in [0.25, 0.3) is 0 Å². The van der Waals surface area contributed by atoms with Gasteiger partial charge >= 0.3 is 0 Å². The maximum Gasteiger partial charge on any atom is 0.127 e. The number of hydrogen-bond donors (Lipinski definition) is 1. The molecule has 0 fully saturated rings. The smallest absolute Gasteiger partial charge is 0.127 e. The topological polar surface area (TPSA) is 38.7 Å². The van der Waals surface area contributed by atoms with E-state index in [0.29, 0.717) is 13.2 Å². The van der Waals surface area contributed by atoms with Gasteiger partial charge in [0.1, 0.15) is 12.4 Å². The lowest BCUT2D eigenvalue weighted by Gasteiger charge is -2.12. The zero-order valence-electron chi connectivity index (χ0n) is 10.7. The van der Waals surface area contributed by atoms with Crippen LogP contribution in [-0.4, -0.2) is 24.9 Å². The lowest BCUT2D eigenvalue weighted by atomic mass is 10.1. The summed E-state index contributed by atoms with van der Waals surface area (Å²) < 4.78 is 11.1. The average molecular weight is 238 g/mol. The Hall–Kier alpha value is -1.06. The van der Waals surface area contributed by atoms with Crippen LogP contribution >= 0.6 is 0 Å². The van der Waals surface area contributed by atoms with Crippen LogP contribution in [0.3, 0.4) is 0 Å². The third-order valence-electron chi connectivity index (χ3n) is 2.58. The van der Waals surface area contributed by atoms with Gasteiger partial charge in [0.2, 0.25) is 0 Å². The highest BCUT2D eigenvalue weighted by molar-refractivity contribution is 5.40. The summed E-state index contributed by atoms with van der Waals surface area (Å²) in [5.74, 6) is 0.786. The van der Waals surface area contributed by atoms with E-state index >= 15 is 0 Å². The van der Waals surface area contributed by atoms with Gasteiger partial charge in [0, 0.05) is 12.2 Å². The molecule has 3 heteroatoms. The van der Waals surface area contributed by atoms with E-state index < -0.39 is 0 Å². The maximum absolute atomic E-state index is 9.20. The standard InChI is InChI=1S/C14H22O3/c1-3-4-8-16-9-10-17-14-12(2)6-5-7-13(14)11-15/h5-7,15H,3-4,8-11H2,1-2H3. The molecule has 3 nitrogen and oxygen atoms in total. The number of unbranched alkanes of at least 4 members (excludes halogenated alkanes) is 1. The minimum absolute atomic E-state index is 0.00764. The molecule has 1 N–H and O–H groups in total. The van der Waals surface area contributed by atoms with Gasteiger partial charge < -0.3 is 14.6 Å². The second-order valence-electron chi connectivity index (χ2n) is 4.04. The summed E-state index contributed by atoms with van der Waals surface area (Å²) in [6.45, 7) is 6.04. The van der Waals surface area contributed by atoms with Crippen LogP contribution in [0.4, 0.5) is 0 Å². The van der Waals surface area contributed by atoms with Gasteiger partial charge in [0.15, 0.2) is 0 Å². The molecule has 0 bridgehead atoms. The van der Waals surface area contributed by atoms with Gasteiger partial charge in [-0.15, -0.1) is 0 Å². The van der Waals surface area contributed by atoms with Crippen LogP contribution in [0.15, 0.2) is 18.2 Å². The summed E-state index contributed by atoms with van der Waals surface area (Å²) in [6.07, 6.45) is 2.24. The van der Waals surface area contributed by atoms with Crippen LogP contribution in [0.5, 0.6) is 5.75 Å². The third-order valence-corrected chi connectivity index (χ3v) is 2.58. The zero-order valence-corrected chi connectivity index (χ0v) is 10.7. The number of ether oxygens (including phenoxy) is 2. The number of benzene rings is 1. The zero-order chi connectivity index (χ0) is 12.5. The molecule has 0 spiro atoms. The third kappa shape index (κ3) is 4.75. The van der Waals surface area contributed by atoms with Crippen LogP contribution in [-0.2, 0) is 11.3 Å². The van der Waals surface area contributed by atoms with E-state index in [1.165, 1.54) is 0 Å². The maximum atomic E-state index is 9.20. The van der Waals surface area contributed by atoms with Gasteiger partial charge in [0.05, 0.1) is 13.2 Å². The van der Waals surface area contributed by atoms with E-state index in [2.05, 4.69) is 6.92 Å². The number of aryl methyl sites for hydroxylation is 1. The summed E-state index contributed by atoms with van der Waals surface area (Å²) in [5.41, 5.74) is 1.88. The molecule has 0 saturated carbocycles. The summed E-state index contributed by atoms with van der Waals surface area (Å²) >= 11 is 0. The molecule has 96 valence electrons. The monoisotopic (exact) mass is 238 g/mol. The van der Waals surface area contributed by atoms with Crippen molar-refractivity contribution in [3.8, 4) is 5.75 Å². The lowest BCUT2D eigenvalue weighted by molar-refractivity contribution is 0.0969. The van der Waals surface area contributed by atoms with Crippen molar-refractivity contribution in [3.63, 3.8) is 0 Å². The largest absolute Gasteiger partial charge is 0.491 e. The van der Waals surface area contributed by atoms with Crippen molar-refractivity contribution < 1.29 is 14.6 Å². The van der Waals surface area contributed by atoms with Crippen molar-refractivity contribution in [2.75, 3.05) is 19.8 Å². The summed E-state index contributed by atoms with van der Waals surface area (Å²) in [6, 6.07) is 5.78. The highest BCUT2D eigenvalue weighted by Crippen LogP contribution is 2.23. The molecule has 0 aliphatic rings. The first-order chi connectivity index (χ1) is 8.29. The number of rotatable bonds is 8. The Kier molecular flexibility index (Phi) is 6.67. The Labute approximate surface area is 103 Å². The molecule has 1 aromatic carbocycles. The van der Waals surface area contributed by atoms with Crippen molar-refractivity contribution in [2.24, 2.45) is 0 Å². The van der Waals surface area contributed by atoms with Gasteiger partial charge in [-0.1, -0.05) is 31.5 Å². The Balaban J connectivity index is 2.35. The van der Waals surface area contributed by atoms with E-state index in [1.807, 2.05) is 25.1 Å². The second-order valence-corrected chi connectivity index (χ2v) is 4.04. The fraction of sp³-hybridized carbons (Fsp3) is 0.571. The molecule has 0 unspecified atom stereocenters. The summed E-state index contributed by atoms with van der Waals surface area (Å²) in [5, 5.41) is 9.20. The SMILES string of the molecule is CCCCOCCOc1c(C)cccc1CO. The first-order valence-corrected chi connectivity index (χ1v) is 6.19. The van der Waals surface area contributed by atoms with E-state index in [-0.39, 0.29) is 6.61 Å². The highest BCUT2D eigenvalue weighted by Gasteiger charge is 2.05. The van der Waals surface area contributed by atoms with Crippen molar-refractivity contribution in [1.82, 2.24) is 0 Å². The van der Waals surface area contributed by atoms with Gasteiger partial charge in [-0.2, -0.15) is 0 Å². The van der Waals surface area contributed by atoms with Gasteiger partial charge in [-0.05, 0) is 18.9 Å². The predicted octanol–water partition coefficient (Wildman–Crippen LogP) is 2.68. The number of para-hydroxylation sites is 1. The first kappa shape index (κ1) is 14.0. The van der Waals surface area contributed by atoms with Crippen LogP contribution in [0.1, 0.15) is 30.9 Å². The van der Waals surface area contributed by atoms with Crippen molar-refractivity contribution in [3.05, 3.63) is 29.3 Å². The Morgan fingerprint density at radius 3 is 2.71 bits per heavy atom. The molecular formula is C14H22O3. The van der Waals surface area contributed by atoms with Crippen LogP contribution in [0.2, 0.25) is 0 Å². The van der Waals surface area contributed by atoms with Gasteiger partial charge in [0.25, 0.3) is 0 Å². The van der Waals surface area contributed by atoms with Crippen molar-refractivity contribution in [1.29, 1.82) is 0 Å². The number of aliphatic hydroxyl groups excluding tert-OH is 1. The minimum atomic E-state index is 0.00764. The highest BCUT2D eigenvalue weighted by atomic mass is 16.5. The Morgan fingerprint density at radius 2 is 2.00 bits per heavy atom. The first-order valence-electron chi connectivity index (χ1n) is 6.19. The molecule has 0 heterocycles. The molecule has 1 rings (SSSR count). The Morgan fingerprint density at radius 1 is 1.18 bits per heavy atom. The fourth-order valence-corrected chi connectivity index (χ4v) is 1.60. The van der Waals surface area contributed by atoms with Crippen LogP contribution in [0, 0.1) is 6.92 Å². The molecule has 0 radical (unpaired) electrons.